The summed E-state index contributed by atoms with van der Waals surface area (Å²) in [5.41, 5.74) is 0. The van der Waals surface area contributed by atoms with Gasteiger partial charge in [-0.1, -0.05) is 19.3 Å². The van der Waals surface area contributed by atoms with E-state index in [1.165, 1.54) is 32.1 Å². The summed E-state index contributed by atoms with van der Waals surface area (Å²) >= 11 is 1.99. The molecule has 1 saturated carbocycles. The summed E-state index contributed by atoms with van der Waals surface area (Å²) in [6.07, 6.45) is 9.34. The van der Waals surface area contributed by atoms with Crippen molar-refractivity contribution in [2.75, 3.05) is 19.4 Å². The maximum atomic E-state index is 11.4. The third-order valence-corrected chi connectivity index (χ3v) is 5.17. The maximum Gasteiger partial charge on any atom is 0.307 e. The molecule has 1 aliphatic rings. The van der Waals surface area contributed by atoms with Crippen LogP contribution in [-0.2, 0) is 9.53 Å². The molecule has 18 heavy (non-hydrogen) atoms. The van der Waals surface area contributed by atoms with E-state index >= 15 is 0 Å². The summed E-state index contributed by atoms with van der Waals surface area (Å²) < 4.78 is 5.36. The topological polar surface area (TPSA) is 38.3 Å². The SMILES string of the molecule is CCOC(=O)CC(C)NCC1(SC)CCCCC1. The Morgan fingerprint density at radius 3 is 2.61 bits per heavy atom. The Hall–Kier alpha value is -0.220. The third-order valence-electron chi connectivity index (χ3n) is 3.75. The second-order valence-corrected chi connectivity index (χ2v) is 6.51. The highest BCUT2D eigenvalue weighted by molar-refractivity contribution is 8.00. The van der Waals surface area contributed by atoms with Crippen LogP contribution >= 0.6 is 11.8 Å². The van der Waals surface area contributed by atoms with Gasteiger partial charge in [0.15, 0.2) is 0 Å². The Balaban J connectivity index is 2.31. The summed E-state index contributed by atoms with van der Waals surface area (Å²) in [6, 6.07) is 0.204. The average molecular weight is 273 g/mol. The molecule has 1 N–H and O–H groups in total. The van der Waals surface area contributed by atoms with Gasteiger partial charge < -0.3 is 10.1 Å². The fourth-order valence-electron chi connectivity index (χ4n) is 2.55. The molecule has 4 heteroatoms. The zero-order chi connectivity index (χ0) is 13.4. The van der Waals surface area contributed by atoms with E-state index in [1.807, 2.05) is 18.7 Å². The van der Waals surface area contributed by atoms with Crippen LogP contribution in [0, 0.1) is 0 Å². The van der Waals surface area contributed by atoms with Crippen molar-refractivity contribution in [3.63, 3.8) is 0 Å². The van der Waals surface area contributed by atoms with Crippen LogP contribution in [0.4, 0.5) is 0 Å². The van der Waals surface area contributed by atoms with Crippen molar-refractivity contribution in [3.8, 4) is 0 Å². The molecule has 0 heterocycles. The summed E-state index contributed by atoms with van der Waals surface area (Å²) in [7, 11) is 0. The van der Waals surface area contributed by atoms with Gasteiger partial charge in [-0.05, 0) is 32.9 Å². The van der Waals surface area contributed by atoms with Crippen molar-refractivity contribution < 1.29 is 9.53 Å². The van der Waals surface area contributed by atoms with Gasteiger partial charge in [-0.2, -0.15) is 11.8 Å². The van der Waals surface area contributed by atoms with Crippen molar-refractivity contribution in [1.82, 2.24) is 5.32 Å². The Bertz CT molecular complexity index is 252. The Morgan fingerprint density at radius 2 is 2.06 bits per heavy atom. The molecule has 0 aromatic carbocycles. The summed E-state index contributed by atoms with van der Waals surface area (Å²) in [4.78, 5) is 11.4. The predicted octanol–water partition coefficient (Wildman–Crippen LogP) is 2.98. The van der Waals surface area contributed by atoms with E-state index in [9.17, 15) is 4.79 Å². The molecule has 1 unspecified atom stereocenters. The fraction of sp³-hybridized carbons (Fsp3) is 0.929. The number of hydrogen-bond acceptors (Lipinski definition) is 4. The number of carbonyl (C=O) groups excluding carboxylic acids is 1. The van der Waals surface area contributed by atoms with Crippen LogP contribution in [0.15, 0.2) is 0 Å². The van der Waals surface area contributed by atoms with Crippen LogP contribution in [0.1, 0.15) is 52.4 Å². The molecule has 0 aliphatic heterocycles. The first kappa shape index (κ1) is 15.8. The van der Waals surface area contributed by atoms with Crippen molar-refractivity contribution in [2.45, 2.75) is 63.2 Å². The van der Waals surface area contributed by atoms with Crippen LogP contribution < -0.4 is 5.32 Å². The second-order valence-electron chi connectivity index (χ2n) is 5.24. The van der Waals surface area contributed by atoms with Gasteiger partial charge in [0.25, 0.3) is 0 Å². The Kier molecular flexibility index (Phi) is 7.08. The number of nitrogens with one attached hydrogen (secondary N) is 1. The lowest BCUT2D eigenvalue weighted by Gasteiger charge is -2.36. The van der Waals surface area contributed by atoms with Gasteiger partial charge in [0.1, 0.15) is 0 Å². The normalized spacial score (nSPS) is 20.4. The molecule has 1 aliphatic carbocycles. The average Bonchev–Trinajstić information content (AvgIpc) is 2.38. The van der Waals surface area contributed by atoms with Gasteiger partial charge in [-0.15, -0.1) is 0 Å². The second kappa shape index (κ2) is 8.05. The van der Waals surface area contributed by atoms with E-state index in [1.54, 1.807) is 0 Å². The van der Waals surface area contributed by atoms with Crippen LogP contribution in [0.3, 0.4) is 0 Å². The summed E-state index contributed by atoms with van der Waals surface area (Å²) in [6.45, 7) is 5.39. The molecule has 0 bridgehead atoms. The lowest BCUT2D eigenvalue weighted by molar-refractivity contribution is -0.143. The Labute approximate surface area is 115 Å². The van der Waals surface area contributed by atoms with E-state index in [-0.39, 0.29) is 12.0 Å². The molecule has 1 rings (SSSR count). The molecule has 0 spiro atoms. The molecule has 106 valence electrons. The highest BCUT2D eigenvalue weighted by Crippen LogP contribution is 2.38. The molecule has 0 aromatic rings. The maximum absolute atomic E-state index is 11.4. The molecule has 0 amide bonds. The monoisotopic (exact) mass is 273 g/mol. The minimum absolute atomic E-state index is 0.0978. The van der Waals surface area contributed by atoms with Crippen molar-refractivity contribution >= 4 is 17.7 Å². The third kappa shape index (κ3) is 5.19. The minimum atomic E-state index is -0.0978. The van der Waals surface area contributed by atoms with E-state index in [0.717, 1.165) is 6.54 Å². The molecule has 0 saturated heterocycles. The largest absolute Gasteiger partial charge is 0.466 e. The van der Waals surface area contributed by atoms with Gasteiger partial charge in [-0.3, -0.25) is 4.79 Å². The van der Waals surface area contributed by atoms with Gasteiger partial charge in [0.2, 0.25) is 0 Å². The molecule has 0 aromatic heterocycles. The number of ether oxygens (including phenoxy) is 1. The fourth-order valence-corrected chi connectivity index (χ4v) is 3.48. The first-order valence-electron chi connectivity index (χ1n) is 7.06. The van der Waals surface area contributed by atoms with Gasteiger partial charge in [0, 0.05) is 17.3 Å². The van der Waals surface area contributed by atoms with E-state index < -0.39 is 0 Å². The highest BCUT2D eigenvalue weighted by Gasteiger charge is 2.31. The standard InChI is InChI=1S/C14H27NO2S/c1-4-17-13(16)10-12(2)15-11-14(18-3)8-6-5-7-9-14/h12,15H,4-11H2,1-3H3. The quantitative estimate of drug-likeness (QED) is 0.724. The summed E-state index contributed by atoms with van der Waals surface area (Å²) in [5, 5.41) is 3.51. The number of thioether (sulfide) groups is 1. The van der Waals surface area contributed by atoms with Crippen LogP contribution in [0.25, 0.3) is 0 Å². The Morgan fingerprint density at radius 1 is 1.39 bits per heavy atom. The molecule has 1 fully saturated rings. The van der Waals surface area contributed by atoms with E-state index in [4.69, 9.17) is 4.74 Å². The highest BCUT2D eigenvalue weighted by atomic mass is 32.2. The zero-order valence-electron chi connectivity index (χ0n) is 12.0. The smallest absolute Gasteiger partial charge is 0.307 e. The van der Waals surface area contributed by atoms with Crippen LogP contribution in [-0.4, -0.2) is 36.2 Å². The first-order chi connectivity index (χ1) is 8.62. The molecule has 3 nitrogen and oxygen atoms in total. The van der Waals surface area contributed by atoms with E-state index in [2.05, 4.69) is 18.5 Å². The number of carbonyl (C=O) groups is 1. The number of rotatable bonds is 7. The number of hydrogen-bond donors (Lipinski definition) is 1. The van der Waals surface area contributed by atoms with Gasteiger partial charge in [-0.25, -0.2) is 0 Å². The van der Waals surface area contributed by atoms with Crippen molar-refractivity contribution in [2.24, 2.45) is 0 Å². The van der Waals surface area contributed by atoms with E-state index in [0.29, 0.717) is 17.8 Å². The lowest BCUT2D eigenvalue weighted by Crippen LogP contribution is -2.43. The molecule has 0 radical (unpaired) electrons. The van der Waals surface area contributed by atoms with Crippen molar-refractivity contribution in [3.05, 3.63) is 0 Å². The molecular formula is C14H27NO2S. The first-order valence-corrected chi connectivity index (χ1v) is 8.28. The van der Waals surface area contributed by atoms with Gasteiger partial charge in [0.05, 0.1) is 13.0 Å². The summed E-state index contributed by atoms with van der Waals surface area (Å²) in [5.74, 6) is -0.0978. The van der Waals surface area contributed by atoms with Gasteiger partial charge >= 0.3 is 5.97 Å². The van der Waals surface area contributed by atoms with Crippen LogP contribution in [0.2, 0.25) is 0 Å². The predicted molar refractivity (Wildman–Crippen MR) is 78.0 cm³/mol. The zero-order valence-corrected chi connectivity index (χ0v) is 12.8. The van der Waals surface area contributed by atoms with Crippen molar-refractivity contribution in [1.29, 1.82) is 0 Å². The van der Waals surface area contributed by atoms with Crippen LogP contribution in [0.5, 0.6) is 0 Å². The molecule has 1 atom stereocenters. The lowest BCUT2D eigenvalue weighted by atomic mass is 9.88. The minimum Gasteiger partial charge on any atom is -0.466 e. The molecular weight excluding hydrogens is 246 g/mol. The number of esters is 1.